The molecule has 6 heteroatoms. The summed E-state index contributed by atoms with van der Waals surface area (Å²) in [6, 6.07) is 0.248. The van der Waals surface area contributed by atoms with E-state index in [1.807, 2.05) is 13.2 Å². The lowest BCUT2D eigenvalue weighted by Gasteiger charge is -2.40. The van der Waals surface area contributed by atoms with Crippen molar-refractivity contribution in [2.75, 3.05) is 6.26 Å². The summed E-state index contributed by atoms with van der Waals surface area (Å²) in [6.45, 7) is 8.59. The standard InChI is InChI=1S/C19H31N3O2S/c1-12-13(17(24)22-18(20-12)25-5)10-11-16(23)21-15-9-7-6-8-14(15)19(2,3)4/h14-15H,6-11H2,1-5H3,(H,21,23)(H,20,22,24). The molecule has 0 saturated heterocycles. The first-order valence-electron chi connectivity index (χ1n) is 9.15. The topological polar surface area (TPSA) is 74.8 Å². The van der Waals surface area contributed by atoms with Gasteiger partial charge in [0.2, 0.25) is 5.91 Å². The predicted molar refractivity (Wildman–Crippen MR) is 103 cm³/mol. The van der Waals surface area contributed by atoms with Crippen LogP contribution in [0.2, 0.25) is 0 Å². The zero-order chi connectivity index (χ0) is 18.6. The highest BCUT2D eigenvalue weighted by Gasteiger charge is 2.34. The molecule has 2 rings (SSSR count). The third-order valence-electron chi connectivity index (χ3n) is 5.22. The van der Waals surface area contributed by atoms with Crippen LogP contribution in [0.3, 0.4) is 0 Å². The molecule has 0 spiro atoms. The first-order valence-corrected chi connectivity index (χ1v) is 10.4. The highest BCUT2D eigenvalue weighted by atomic mass is 32.2. The Bertz CT molecular complexity index is 664. The summed E-state index contributed by atoms with van der Waals surface area (Å²) in [4.78, 5) is 31.7. The molecule has 2 N–H and O–H groups in total. The Hall–Kier alpha value is -1.30. The van der Waals surface area contributed by atoms with Gasteiger partial charge in [0.1, 0.15) is 0 Å². The Labute approximate surface area is 154 Å². The highest BCUT2D eigenvalue weighted by Crippen LogP contribution is 2.38. The third kappa shape index (κ3) is 5.33. The number of aromatic nitrogens is 2. The van der Waals surface area contributed by atoms with Gasteiger partial charge in [-0.3, -0.25) is 9.59 Å². The number of thioether (sulfide) groups is 1. The van der Waals surface area contributed by atoms with Gasteiger partial charge in [0, 0.05) is 23.7 Å². The van der Waals surface area contributed by atoms with Crippen LogP contribution >= 0.6 is 11.8 Å². The molecule has 1 saturated carbocycles. The van der Waals surface area contributed by atoms with Crippen LogP contribution in [0.1, 0.15) is 64.1 Å². The maximum Gasteiger partial charge on any atom is 0.254 e. The molecule has 1 heterocycles. The predicted octanol–water partition coefficient (Wildman–Crippen LogP) is 3.45. The molecule has 25 heavy (non-hydrogen) atoms. The van der Waals surface area contributed by atoms with Crippen molar-refractivity contribution >= 4 is 17.7 Å². The van der Waals surface area contributed by atoms with E-state index in [1.54, 1.807) is 0 Å². The van der Waals surface area contributed by atoms with Crippen molar-refractivity contribution in [3.05, 3.63) is 21.6 Å². The minimum Gasteiger partial charge on any atom is -0.353 e. The van der Waals surface area contributed by atoms with E-state index in [1.165, 1.54) is 31.0 Å². The number of amides is 1. The number of H-pyrrole nitrogens is 1. The first kappa shape index (κ1) is 20.0. The quantitative estimate of drug-likeness (QED) is 0.619. The van der Waals surface area contributed by atoms with Crippen LogP contribution in [0.4, 0.5) is 0 Å². The number of nitrogens with zero attached hydrogens (tertiary/aromatic N) is 1. The zero-order valence-electron chi connectivity index (χ0n) is 16.1. The van der Waals surface area contributed by atoms with E-state index in [-0.39, 0.29) is 22.9 Å². The van der Waals surface area contributed by atoms with Crippen LogP contribution in [-0.4, -0.2) is 28.2 Å². The fourth-order valence-electron chi connectivity index (χ4n) is 3.83. The van der Waals surface area contributed by atoms with Crippen molar-refractivity contribution in [2.24, 2.45) is 11.3 Å². The van der Waals surface area contributed by atoms with Gasteiger partial charge in [0.25, 0.3) is 5.56 Å². The normalized spacial score (nSPS) is 21.2. The average Bonchev–Trinajstić information content (AvgIpc) is 2.53. The van der Waals surface area contributed by atoms with Crippen molar-refractivity contribution in [1.82, 2.24) is 15.3 Å². The molecule has 0 radical (unpaired) electrons. The molecule has 0 aliphatic heterocycles. The minimum absolute atomic E-state index is 0.0360. The number of aromatic amines is 1. The van der Waals surface area contributed by atoms with Crippen LogP contribution in [0.25, 0.3) is 0 Å². The van der Waals surface area contributed by atoms with Gasteiger partial charge in [-0.2, -0.15) is 0 Å². The summed E-state index contributed by atoms with van der Waals surface area (Å²) in [5.74, 6) is 0.548. The van der Waals surface area contributed by atoms with E-state index >= 15 is 0 Å². The van der Waals surface area contributed by atoms with Gasteiger partial charge in [-0.25, -0.2) is 4.98 Å². The summed E-state index contributed by atoms with van der Waals surface area (Å²) < 4.78 is 0. The fourth-order valence-corrected chi connectivity index (χ4v) is 4.26. The number of hydrogen-bond donors (Lipinski definition) is 2. The van der Waals surface area contributed by atoms with Crippen molar-refractivity contribution in [3.63, 3.8) is 0 Å². The van der Waals surface area contributed by atoms with E-state index in [9.17, 15) is 9.59 Å². The fraction of sp³-hybridized carbons (Fsp3) is 0.737. The third-order valence-corrected chi connectivity index (χ3v) is 5.80. The molecule has 0 bridgehead atoms. The van der Waals surface area contributed by atoms with Crippen LogP contribution in [0.15, 0.2) is 9.95 Å². The van der Waals surface area contributed by atoms with Gasteiger partial charge >= 0.3 is 0 Å². The lowest BCUT2D eigenvalue weighted by molar-refractivity contribution is -0.122. The second-order valence-corrected chi connectivity index (χ2v) is 8.87. The van der Waals surface area contributed by atoms with E-state index in [4.69, 9.17) is 0 Å². The monoisotopic (exact) mass is 365 g/mol. The Morgan fingerprint density at radius 1 is 1.32 bits per heavy atom. The van der Waals surface area contributed by atoms with E-state index in [2.05, 4.69) is 36.1 Å². The molecule has 2 unspecified atom stereocenters. The molecule has 1 amide bonds. The second kappa shape index (κ2) is 8.39. The van der Waals surface area contributed by atoms with Crippen LogP contribution in [0, 0.1) is 18.3 Å². The van der Waals surface area contributed by atoms with Gasteiger partial charge in [-0.15, -0.1) is 0 Å². The van der Waals surface area contributed by atoms with Crippen molar-refractivity contribution in [3.8, 4) is 0 Å². The number of carbonyl (C=O) groups is 1. The van der Waals surface area contributed by atoms with E-state index < -0.39 is 0 Å². The molecule has 1 aromatic rings. The molecule has 1 fully saturated rings. The van der Waals surface area contributed by atoms with Crippen molar-refractivity contribution in [1.29, 1.82) is 0 Å². The highest BCUT2D eigenvalue weighted by molar-refractivity contribution is 7.98. The van der Waals surface area contributed by atoms with Crippen LogP contribution in [-0.2, 0) is 11.2 Å². The smallest absolute Gasteiger partial charge is 0.254 e. The Kier molecular flexibility index (Phi) is 6.72. The Balaban J connectivity index is 1.98. The van der Waals surface area contributed by atoms with Crippen molar-refractivity contribution in [2.45, 2.75) is 77.4 Å². The van der Waals surface area contributed by atoms with E-state index in [0.717, 1.165) is 6.42 Å². The average molecular weight is 366 g/mol. The number of nitrogens with one attached hydrogen (secondary N) is 2. The number of carbonyl (C=O) groups excluding carboxylic acids is 1. The molecule has 1 aliphatic carbocycles. The Morgan fingerprint density at radius 3 is 2.60 bits per heavy atom. The summed E-state index contributed by atoms with van der Waals surface area (Å²) >= 11 is 1.41. The molecule has 0 aromatic carbocycles. The molecule has 140 valence electrons. The summed E-state index contributed by atoms with van der Waals surface area (Å²) in [5.41, 5.74) is 1.40. The lowest BCUT2D eigenvalue weighted by Crippen LogP contribution is -2.46. The van der Waals surface area contributed by atoms with Crippen LogP contribution < -0.4 is 10.9 Å². The SMILES string of the molecule is CSc1nc(C)c(CCC(=O)NC2CCCCC2C(C)(C)C)c(=O)[nH]1. The summed E-state index contributed by atoms with van der Waals surface area (Å²) in [6.07, 6.45) is 7.29. The van der Waals surface area contributed by atoms with Crippen LogP contribution in [0.5, 0.6) is 0 Å². The molecular formula is C19H31N3O2S. The first-order chi connectivity index (χ1) is 11.7. The maximum absolute atomic E-state index is 12.5. The van der Waals surface area contributed by atoms with Gasteiger partial charge in [-0.05, 0) is 43.8 Å². The van der Waals surface area contributed by atoms with Gasteiger partial charge in [0.05, 0.1) is 0 Å². The van der Waals surface area contributed by atoms with E-state index in [0.29, 0.717) is 35.2 Å². The van der Waals surface area contributed by atoms with Crippen molar-refractivity contribution < 1.29 is 4.79 Å². The number of aryl methyl sites for hydroxylation is 1. The van der Waals surface area contributed by atoms with Gasteiger partial charge < -0.3 is 10.3 Å². The Morgan fingerprint density at radius 2 is 2.00 bits per heavy atom. The summed E-state index contributed by atoms with van der Waals surface area (Å²) in [7, 11) is 0. The summed E-state index contributed by atoms with van der Waals surface area (Å²) in [5, 5.41) is 3.85. The second-order valence-electron chi connectivity index (χ2n) is 8.07. The zero-order valence-corrected chi connectivity index (χ0v) is 16.9. The molecular weight excluding hydrogens is 334 g/mol. The minimum atomic E-state index is -0.130. The lowest BCUT2D eigenvalue weighted by atomic mass is 9.69. The maximum atomic E-state index is 12.5. The number of hydrogen-bond acceptors (Lipinski definition) is 4. The molecule has 5 nitrogen and oxygen atoms in total. The molecule has 1 aliphatic rings. The van der Waals surface area contributed by atoms with Gasteiger partial charge in [0.15, 0.2) is 5.16 Å². The molecule has 1 aromatic heterocycles. The largest absolute Gasteiger partial charge is 0.353 e. The van der Waals surface area contributed by atoms with Gasteiger partial charge in [-0.1, -0.05) is 45.4 Å². The number of rotatable bonds is 5. The molecule has 2 atom stereocenters.